The minimum Gasteiger partial charge on any atom is -0.380 e. The van der Waals surface area contributed by atoms with E-state index in [2.05, 4.69) is 19.9 Å². The van der Waals surface area contributed by atoms with Crippen LogP contribution in [0.5, 0.6) is 0 Å². The molecule has 22 heavy (non-hydrogen) atoms. The number of ether oxygens (including phenoxy) is 1. The predicted octanol–water partition coefficient (Wildman–Crippen LogP) is 2.90. The van der Waals surface area contributed by atoms with Crippen molar-refractivity contribution in [1.29, 1.82) is 5.26 Å². The molecule has 4 nitrogen and oxygen atoms in total. The molecule has 2 rings (SSSR count). The first kappa shape index (κ1) is 16.8. The number of nitriles is 1. The van der Waals surface area contributed by atoms with Crippen molar-refractivity contribution < 1.29 is 9.53 Å². The summed E-state index contributed by atoms with van der Waals surface area (Å²) in [7, 11) is 0. The van der Waals surface area contributed by atoms with Crippen molar-refractivity contribution in [2.75, 3.05) is 19.8 Å². The molecule has 5 heteroatoms. The summed E-state index contributed by atoms with van der Waals surface area (Å²) in [6.45, 7) is 7.70. The number of nitrogens with zero attached hydrogens (tertiary/aromatic N) is 2. The van der Waals surface area contributed by atoms with Gasteiger partial charge in [0.25, 0.3) is 0 Å². The van der Waals surface area contributed by atoms with Crippen LogP contribution in [-0.2, 0) is 15.1 Å². The van der Waals surface area contributed by atoms with Gasteiger partial charge in [0, 0.05) is 13.2 Å². The van der Waals surface area contributed by atoms with Gasteiger partial charge >= 0.3 is 0 Å². The maximum Gasteiger partial charge on any atom is 0.244 e. The Morgan fingerprint density at radius 2 is 2.05 bits per heavy atom. The summed E-state index contributed by atoms with van der Waals surface area (Å²) >= 11 is 6.44. The molecule has 1 aromatic rings. The summed E-state index contributed by atoms with van der Waals surface area (Å²) in [6.07, 6.45) is 0. The molecule has 2 unspecified atom stereocenters. The number of halogens is 1. The molecule has 0 spiro atoms. The van der Waals surface area contributed by atoms with Gasteiger partial charge in [-0.1, -0.05) is 26.0 Å². The lowest BCUT2D eigenvalue weighted by Crippen LogP contribution is -2.72. The normalized spacial score (nSPS) is 24.3. The fourth-order valence-corrected chi connectivity index (χ4v) is 3.84. The van der Waals surface area contributed by atoms with Crippen LogP contribution in [0.15, 0.2) is 24.3 Å². The molecule has 1 aromatic carbocycles. The van der Waals surface area contributed by atoms with Gasteiger partial charge in [-0.2, -0.15) is 5.26 Å². The Kier molecular flexibility index (Phi) is 5.10. The molecule has 0 saturated carbocycles. The van der Waals surface area contributed by atoms with E-state index in [1.807, 2.05) is 24.0 Å². The Morgan fingerprint density at radius 1 is 1.41 bits per heavy atom. The Labute approximate surface area is 136 Å². The second-order valence-corrected chi connectivity index (χ2v) is 6.15. The van der Waals surface area contributed by atoms with Crippen LogP contribution >= 0.6 is 11.6 Å². The number of rotatable bonds is 6. The van der Waals surface area contributed by atoms with E-state index in [0.717, 1.165) is 5.56 Å². The zero-order valence-electron chi connectivity index (χ0n) is 13.2. The van der Waals surface area contributed by atoms with E-state index in [4.69, 9.17) is 21.6 Å². The molecular formula is C17H21ClN2O2. The lowest BCUT2D eigenvalue weighted by Gasteiger charge is -2.58. The van der Waals surface area contributed by atoms with Gasteiger partial charge in [-0.3, -0.25) is 4.79 Å². The third kappa shape index (κ3) is 2.49. The number of carbonyl (C=O) groups excluding carboxylic acids is 1. The Balaban J connectivity index is 2.36. The number of hydrogen-bond acceptors (Lipinski definition) is 3. The lowest BCUT2D eigenvalue weighted by molar-refractivity contribution is -0.163. The van der Waals surface area contributed by atoms with E-state index >= 15 is 0 Å². The molecule has 1 fully saturated rings. The van der Waals surface area contributed by atoms with E-state index in [9.17, 15) is 4.79 Å². The minimum atomic E-state index is -0.581. The largest absolute Gasteiger partial charge is 0.380 e. The molecule has 2 atom stereocenters. The summed E-state index contributed by atoms with van der Waals surface area (Å²) in [4.78, 5) is 14.1. The first-order valence-electron chi connectivity index (χ1n) is 7.54. The van der Waals surface area contributed by atoms with E-state index in [-0.39, 0.29) is 11.8 Å². The smallest absolute Gasteiger partial charge is 0.244 e. The average Bonchev–Trinajstić information content (AvgIpc) is 2.53. The SMILES string of the molecule is CCOCCN1C(=O)C(Cl)C1(c1ccc(C#N)cc1)C(C)C. The first-order chi connectivity index (χ1) is 10.5. The number of hydrogen-bond donors (Lipinski definition) is 0. The third-order valence-electron chi connectivity index (χ3n) is 4.34. The van der Waals surface area contributed by atoms with Crippen LogP contribution < -0.4 is 0 Å². The summed E-state index contributed by atoms with van der Waals surface area (Å²) < 4.78 is 5.39. The first-order valence-corrected chi connectivity index (χ1v) is 7.97. The molecule has 0 aromatic heterocycles. The maximum absolute atomic E-state index is 12.3. The van der Waals surface area contributed by atoms with Crippen LogP contribution in [0, 0.1) is 17.2 Å². The van der Waals surface area contributed by atoms with Crippen molar-refractivity contribution in [3.63, 3.8) is 0 Å². The fraction of sp³-hybridized carbons (Fsp3) is 0.529. The van der Waals surface area contributed by atoms with Gasteiger partial charge in [0.1, 0.15) is 5.38 Å². The Bertz CT molecular complexity index is 579. The summed E-state index contributed by atoms with van der Waals surface area (Å²) in [6, 6.07) is 9.45. The lowest BCUT2D eigenvalue weighted by atomic mass is 9.69. The number of alkyl halides is 1. The molecule has 0 bridgehead atoms. The van der Waals surface area contributed by atoms with Crippen molar-refractivity contribution >= 4 is 17.5 Å². The maximum atomic E-state index is 12.3. The highest BCUT2D eigenvalue weighted by Gasteiger charge is 2.61. The fourth-order valence-electron chi connectivity index (χ4n) is 3.23. The number of benzene rings is 1. The number of β-lactam (4-membered cyclic amide) rings is 1. The van der Waals surface area contributed by atoms with Crippen LogP contribution in [0.25, 0.3) is 0 Å². The molecule has 1 saturated heterocycles. The van der Waals surface area contributed by atoms with Crippen molar-refractivity contribution in [3.05, 3.63) is 35.4 Å². The molecule has 0 aliphatic carbocycles. The summed E-state index contributed by atoms with van der Waals surface area (Å²) in [5.41, 5.74) is 1.03. The van der Waals surface area contributed by atoms with E-state index < -0.39 is 10.9 Å². The number of amides is 1. The quantitative estimate of drug-likeness (QED) is 0.460. The Morgan fingerprint density at radius 3 is 2.55 bits per heavy atom. The monoisotopic (exact) mass is 320 g/mol. The average molecular weight is 321 g/mol. The molecule has 118 valence electrons. The van der Waals surface area contributed by atoms with Crippen LogP contribution in [0.4, 0.5) is 0 Å². The molecule has 1 aliphatic rings. The van der Waals surface area contributed by atoms with Crippen LogP contribution in [0.1, 0.15) is 31.9 Å². The van der Waals surface area contributed by atoms with Gasteiger partial charge in [-0.25, -0.2) is 0 Å². The van der Waals surface area contributed by atoms with Crippen LogP contribution in [-0.4, -0.2) is 35.9 Å². The van der Waals surface area contributed by atoms with Crippen molar-refractivity contribution in [2.24, 2.45) is 5.92 Å². The second kappa shape index (κ2) is 6.68. The van der Waals surface area contributed by atoms with Crippen LogP contribution in [0.2, 0.25) is 0 Å². The highest BCUT2D eigenvalue weighted by molar-refractivity contribution is 6.34. The van der Waals surface area contributed by atoms with Gasteiger partial charge < -0.3 is 9.64 Å². The van der Waals surface area contributed by atoms with Crippen LogP contribution in [0.3, 0.4) is 0 Å². The topological polar surface area (TPSA) is 53.3 Å². The molecule has 0 N–H and O–H groups in total. The molecule has 1 amide bonds. The highest BCUT2D eigenvalue weighted by atomic mass is 35.5. The second-order valence-electron chi connectivity index (χ2n) is 5.72. The highest BCUT2D eigenvalue weighted by Crippen LogP contribution is 2.49. The van der Waals surface area contributed by atoms with E-state index in [0.29, 0.717) is 25.3 Å². The van der Waals surface area contributed by atoms with Crippen molar-refractivity contribution in [2.45, 2.75) is 31.7 Å². The zero-order valence-corrected chi connectivity index (χ0v) is 13.9. The van der Waals surface area contributed by atoms with Gasteiger partial charge in [0.15, 0.2) is 0 Å². The van der Waals surface area contributed by atoms with Crippen molar-refractivity contribution in [3.8, 4) is 6.07 Å². The molecule has 1 heterocycles. The summed E-state index contributed by atoms with van der Waals surface area (Å²) in [5.74, 6) is 0.0988. The van der Waals surface area contributed by atoms with Gasteiger partial charge in [0.2, 0.25) is 5.91 Å². The standard InChI is InChI=1S/C17H21ClN2O2/c1-4-22-10-9-20-16(21)15(18)17(20,12(2)3)14-7-5-13(11-19)6-8-14/h5-8,12,15H,4,9-10H2,1-3H3. The van der Waals surface area contributed by atoms with Crippen molar-refractivity contribution in [1.82, 2.24) is 4.90 Å². The predicted molar refractivity (Wildman–Crippen MR) is 85.5 cm³/mol. The molecule has 0 radical (unpaired) electrons. The van der Waals surface area contributed by atoms with Gasteiger partial charge in [-0.05, 0) is 30.5 Å². The molecule has 1 aliphatic heterocycles. The van der Waals surface area contributed by atoms with E-state index in [1.165, 1.54) is 0 Å². The number of carbonyl (C=O) groups is 1. The minimum absolute atomic E-state index is 0.0561. The number of likely N-dealkylation sites (tertiary alicyclic amines) is 1. The van der Waals surface area contributed by atoms with E-state index in [1.54, 1.807) is 12.1 Å². The third-order valence-corrected chi connectivity index (χ3v) is 4.86. The summed E-state index contributed by atoms with van der Waals surface area (Å²) in [5, 5.41) is 8.36. The van der Waals surface area contributed by atoms with Gasteiger partial charge in [-0.15, -0.1) is 11.6 Å². The van der Waals surface area contributed by atoms with Gasteiger partial charge in [0.05, 0.1) is 23.8 Å². The Hall–Kier alpha value is -1.57. The zero-order chi connectivity index (χ0) is 16.3. The molecular weight excluding hydrogens is 300 g/mol.